The predicted molar refractivity (Wildman–Crippen MR) is 79.2 cm³/mol. The number of hydrogen-bond acceptors (Lipinski definition) is 3. The van der Waals surface area contributed by atoms with Crippen molar-refractivity contribution in [2.75, 3.05) is 5.73 Å². The predicted octanol–water partition coefficient (Wildman–Crippen LogP) is 2.66. The molecule has 1 aromatic carbocycles. The van der Waals surface area contributed by atoms with Gasteiger partial charge in [-0.25, -0.2) is 0 Å². The van der Waals surface area contributed by atoms with Crippen molar-refractivity contribution in [3.63, 3.8) is 0 Å². The van der Waals surface area contributed by atoms with Gasteiger partial charge in [0.25, 0.3) is 5.56 Å². The summed E-state index contributed by atoms with van der Waals surface area (Å²) in [5, 5.41) is 10.2. The van der Waals surface area contributed by atoms with Gasteiger partial charge in [0, 0.05) is 29.4 Å². The number of aliphatic carboxylic acids is 1. The summed E-state index contributed by atoms with van der Waals surface area (Å²) in [6.07, 6.45) is 2.04. The average Bonchev–Trinajstić information content (AvgIpc) is 2.41. The van der Waals surface area contributed by atoms with Gasteiger partial charge in [0.05, 0.1) is 10.7 Å². The van der Waals surface area contributed by atoms with E-state index >= 15 is 0 Å². The number of hydrogen-bond donors (Lipinski definition) is 2. The number of fused-ring (bicyclic) bond motifs is 1. The highest BCUT2D eigenvalue weighted by atomic mass is 35.5. The second-order valence-electron chi connectivity index (χ2n) is 4.73. The Morgan fingerprint density at radius 3 is 2.75 bits per heavy atom. The van der Waals surface area contributed by atoms with Crippen LogP contribution in [0.5, 0.6) is 0 Å². The van der Waals surface area contributed by atoms with E-state index in [2.05, 4.69) is 0 Å². The van der Waals surface area contributed by atoms with E-state index < -0.39 is 5.97 Å². The summed E-state index contributed by atoms with van der Waals surface area (Å²) >= 11 is 5.93. The van der Waals surface area contributed by atoms with Gasteiger partial charge < -0.3 is 15.4 Å². The van der Waals surface area contributed by atoms with Gasteiger partial charge in [-0.3, -0.25) is 9.59 Å². The maximum atomic E-state index is 12.4. The van der Waals surface area contributed by atoms with Crippen molar-refractivity contribution in [3.8, 4) is 0 Å². The highest BCUT2D eigenvalue weighted by Crippen LogP contribution is 2.27. The van der Waals surface area contributed by atoms with E-state index in [1.54, 1.807) is 24.4 Å². The van der Waals surface area contributed by atoms with Gasteiger partial charge in [0.1, 0.15) is 0 Å². The summed E-state index contributed by atoms with van der Waals surface area (Å²) < 4.78 is 1.53. The summed E-state index contributed by atoms with van der Waals surface area (Å²) in [6.45, 7) is 1.81. The molecule has 3 N–H and O–H groups in total. The second-order valence-corrected chi connectivity index (χ2v) is 5.14. The molecule has 0 amide bonds. The van der Waals surface area contributed by atoms with Gasteiger partial charge in [-0.1, -0.05) is 11.6 Å². The molecule has 20 heavy (non-hydrogen) atoms. The standard InChI is InChI=1S/C14H15ClN2O3/c1-8(2-5-12(18)19)17-7-6-9-10(14(17)20)3-4-11(15)13(9)16/h3-4,6-8H,2,5,16H2,1H3,(H,18,19)/t8-/m1/s1. The molecule has 0 radical (unpaired) electrons. The molecule has 0 aliphatic heterocycles. The Hall–Kier alpha value is -2.01. The lowest BCUT2D eigenvalue weighted by Gasteiger charge is -2.15. The first-order valence-electron chi connectivity index (χ1n) is 6.22. The lowest BCUT2D eigenvalue weighted by molar-refractivity contribution is -0.137. The van der Waals surface area contributed by atoms with E-state index in [1.807, 2.05) is 6.92 Å². The lowest BCUT2D eigenvalue weighted by Crippen LogP contribution is -2.23. The molecule has 0 aliphatic rings. The summed E-state index contributed by atoms with van der Waals surface area (Å²) in [7, 11) is 0. The Kier molecular flexibility index (Phi) is 3.99. The Balaban J connectivity index is 2.47. The van der Waals surface area contributed by atoms with E-state index in [0.29, 0.717) is 27.9 Å². The van der Waals surface area contributed by atoms with E-state index in [0.717, 1.165) is 0 Å². The number of pyridine rings is 1. The van der Waals surface area contributed by atoms with Crippen LogP contribution in [-0.2, 0) is 4.79 Å². The lowest BCUT2D eigenvalue weighted by atomic mass is 10.1. The monoisotopic (exact) mass is 294 g/mol. The smallest absolute Gasteiger partial charge is 0.303 e. The second kappa shape index (κ2) is 5.54. The molecule has 0 spiro atoms. The highest BCUT2D eigenvalue weighted by Gasteiger charge is 2.12. The quantitative estimate of drug-likeness (QED) is 0.849. The van der Waals surface area contributed by atoms with Gasteiger partial charge >= 0.3 is 5.97 Å². The van der Waals surface area contributed by atoms with E-state index in [-0.39, 0.29) is 18.0 Å². The molecule has 1 aromatic heterocycles. The number of aromatic nitrogens is 1. The maximum absolute atomic E-state index is 12.4. The molecule has 5 nitrogen and oxygen atoms in total. The Morgan fingerprint density at radius 1 is 1.40 bits per heavy atom. The molecule has 2 rings (SSSR count). The van der Waals surface area contributed by atoms with Crippen molar-refractivity contribution in [2.45, 2.75) is 25.8 Å². The van der Waals surface area contributed by atoms with Crippen LogP contribution in [0.3, 0.4) is 0 Å². The minimum absolute atomic E-state index is 0.0222. The van der Waals surface area contributed by atoms with Crippen molar-refractivity contribution in [3.05, 3.63) is 39.8 Å². The molecule has 0 bridgehead atoms. The molecule has 106 valence electrons. The first-order valence-corrected chi connectivity index (χ1v) is 6.60. The van der Waals surface area contributed by atoms with Crippen LogP contribution >= 0.6 is 11.6 Å². The fraction of sp³-hybridized carbons (Fsp3) is 0.286. The third-order valence-electron chi connectivity index (χ3n) is 3.35. The fourth-order valence-corrected chi connectivity index (χ4v) is 2.32. The number of halogens is 1. The van der Waals surface area contributed by atoms with E-state index in [4.69, 9.17) is 22.4 Å². The van der Waals surface area contributed by atoms with Gasteiger partial charge in [-0.2, -0.15) is 0 Å². The molecule has 0 saturated heterocycles. The van der Waals surface area contributed by atoms with Crippen LogP contribution in [0, 0.1) is 0 Å². The number of carboxylic acids is 1. The largest absolute Gasteiger partial charge is 0.481 e. The van der Waals surface area contributed by atoms with Crippen molar-refractivity contribution in [1.29, 1.82) is 0 Å². The van der Waals surface area contributed by atoms with Gasteiger partial charge in [0.15, 0.2) is 0 Å². The number of benzene rings is 1. The molecule has 0 fully saturated rings. The number of nitrogens with two attached hydrogens (primary N) is 1. The molecule has 0 aliphatic carbocycles. The SMILES string of the molecule is C[C@H](CCC(=O)O)n1ccc2c(N)c(Cl)ccc2c1=O. The summed E-state index contributed by atoms with van der Waals surface area (Å²) in [6, 6.07) is 4.76. The number of carboxylic acid groups (broad SMARTS) is 1. The van der Waals surface area contributed by atoms with Crippen LogP contribution in [-0.4, -0.2) is 15.6 Å². The first kappa shape index (κ1) is 14.4. The fourth-order valence-electron chi connectivity index (χ4n) is 2.16. The minimum Gasteiger partial charge on any atom is -0.481 e. The molecule has 1 heterocycles. The summed E-state index contributed by atoms with van der Waals surface area (Å²) in [5.41, 5.74) is 6.04. The number of rotatable bonds is 4. The van der Waals surface area contributed by atoms with Gasteiger partial charge in [-0.15, -0.1) is 0 Å². The zero-order valence-electron chi connectivity index (χ0n) is 11.0. The van der Waals surface area contributed by atoms with Crippen LogP contribution in [0.25, 0.3) is 10.8 Å². The van der Waals surface area contributed by atoms with Crippen molar-refractivity contribution < 1.29 is 9.90 Å². The third kappa shape index (κ3) is 2.63. The Morgan fingerprint density at radius 2 is 2.10 bits per heavy atom. The molecule has 0 unspecified atom stereocenters. The summed E-state index contributed by atoms with van der Waals surface area (Å²) in [5.74, 6) is -0.873. The summed E-state index contributed by atoms with van der Waals surface area (Å²) in [4.78, 5) is 23.0. The van der Waals surface area contributed by atoms with Crippen molar-refractivity contribution in [2.24, 2.45) is 0 Å². The molecule has 6 heteroatoms. The number of anilines is 1. The minimum atomic E-state index is -0.873. The van der Waals surface area contributed by atoms with Crippen molar-refractivity contribution >= 4 is 34.0 Å². The normalized spacial score (nSPS) is 12.5. The number of carbonyl (C=O) groups is 1. The maximum Gasteiger partial charge on any atom is 0.303 e. The van der Waals surface area contributed by atoms with Crippen LogP contribution in [0.15, 0.2) is 29.2 Å². The van der Waals surface area contributed by atoms with E-state index in [1.165, 1.54) is 4.57 Å². The Labute approximate surface area is 120 Å². The van der Waals surface area contributed by atoms with Crippen LogP contribution < -0.4 is 11.3 Å². The molecule has 0 saturated carbocycles. The van der Waals surface area contributed by atoms with Crippen molar-refractivity contribution in [1.82, 2.24) is 4.57 Å². The third-order valence-corrected chi connectivity index (χ3v) is 3.68. The molecular weight excluding hydrogens is 280 g/mol. The zero-order valence-corrected chi connectivity index (χ0v) is 11.7. The van der Waals surface area contributed by atoms with Crippen LogP contribution in [0.1, 0.15) is 25.8 Å². The Bertz CT molecular complexity index is 724. The van der Waals surface area contributed by atoms with Gasteiger partial charge in [0.2, 0.25) is 0 Å². The van der Waals surface area contributed by atoms with Gasteiger partial charge in [-0.05, 0) is 31.5 Å². The highest BCUT2D eigenvalue weighted by molar-refractivity contribution is 6.34. The van der Waals surface area contributed by atoms with Crippen LogP contribution in [0.4, 0.5) is 5.69 Å². The molecular formula is C14H15ClN2O3. The number of nitrogens with zero attached hydrogens (tertiary/aromatic N) is 1. The van der Waals surface area contributed by atoms with Crippen LogP contribution in [0.2, 0.25) is 5.02 Å². The molecule has 1 atom stereocenters. The molecule has 2 aromatic rings. The average molecular weight is 295 g/mol. The van der Waals surface area contributed by atoms with E-state index in [9.17, 15) is 9.59 Å². The zero-order chi connectivity index (χ0) is 14.9. The first-order chi connectivity index (χ1) is 9.41. The topological polar surface area (TPSA) is 85.3 Å². The number of nitrogen functional groups attached to an aromatic ring is 1.